The second kappa shape index (κ2) is 6.75. The third kappa shape index (κ3) is 3.47. The number of piperidine rings is 1. The van der Waals surface area contributed by atoms with E-state index < -0.39 is 0 Å². The van der Waals surface area contributed by atoms with E-state index in [2.05, 4.69) is 4.90 Å². The van der Waals surface area contributed by atoms with Gasteiger partial charge in [-0.05, 0) is 37.8 Å². The minimum absolute atomic E-state index is 0.0977. The van der Waals surface area contributed by atoms with E-state index >= 15 is 0 Å². The molecule has 1 atom stereocenters. The van der Waals surface area contributed by atoms with Crippen molar-refractivity contribution in [2.45, 2.75) is 32.2 Å². The number of likely N-dealkylation sites (tertiary alicyclic amines) is 2. The van der Waals surface area contributed by atoms with Gasteiger partial charge in [0.15, 0.2) is 0 Å². The lowest BCUT2D eigenvalue weighted by Crippen LogP contribution is -2.43. The molecule has 1 aromatic heterocycles. The van der Waals surface area contributed by atoms with Gasteiger partial charge in [-0.25, -0.2) is 0 Å². The molecule has 3 rings (SSSR count). The van der Waals surface area contributed by atoms with E-state index in [4.69, 9.17) is 0 Å². The number of amides is 1. The number of nitrogens with zero attached hydrogens (tertiary/aromatic N) is 3. The standard InChI is InChI=1S/C15H21N3O3S/c19-15(17-6-1-2-7-17)13-4-3-5-16(10-13)9-12-8-14(18(20)21)22-11-12/h8,11,13H,1-7,9-10H2/t13-/m0/s1. The Balaban J connectivity index is 1.57. The smallest absolute Gasteiger partial charge is 0.324 e. The van der Waals surface area contributed by atoms with Crippen LogP contribution in [0.1, 0.15) is 31.2 Å². The van der Waals surface area contributed by atoms with Crippen molar-refractivity contribution in [3.63, 3.8) is 0 Å². The van der Waals surface area contributed by atoms with E-state index in [-0.39, 0.29) is 15.8 Å². The normalized spacial score (nSPS) is 22.9. The van der Waals surface area contributed by atoms with Gasteiger partial charge in [0.2, 0.25) is 5.91 Å². The van der Waals surface area contributed by atoms with Crippen LogP contribution in [0.25, 0.3) is 0 Å². The molecule has 1 aromatic rings. The van der Waals surface area contributed by atoms with Gasteiger partial charge >= 0.3 is 5.00 Å². The zero-order valence-corrected chi connectivity index (χ0v) is 13.4. The van der Waals surface area contributed by atoms with Gasteiger partial charge < -0.3 is 4.90 Å². The molecule has 2 aliphatic rings. The summed E-state index contributed by atoms with van der Waals surface area (Å²) in [5.74, 6) is 0.402. The van der Waals surface area contributed by atoms with Crippen LogP contribution in [0.15, 0.2) is 11.4 Å². The van der Waals surface area contributed by atoms with Gasteiger partial charge in [0.1, 0.15) is 0 Å². The van der Waals surface area contributed by atoms with Gasteiger partial charge in [-0.2, -0.15) is 0 Å². The molecule has 1 amide bonds. The lowest BCUT2D eigenvalue weighted by atomic mass is 9.96. The Morgan fingerprint density at radius 2 is 2.09 bits per heavy atom. The summed E-state index contributed by atoms with van der Waals surface area (Å²) in [4.78, 5) is 27.2. The van der Waals surface area contributed by atoms with Crippen molar-refractivity contribution in [1.29, 1.82) is 0 Å². The maximum atomic E-state index is 12.5. The van der Waals surface area contributed by atoms with Crippen molar-refractivity contribution in [2.24, 2.45) is 5.92 Å². The van der Waals surface area contributed by atoms with Crippen molar-refractivity contribution in [3.05, 3.63) is 27.1 Å². The van der Waals surface area contributed by atoms with Crippen LogP contribution in [0.4, 0.5) is 5.00 Å². The monoisotopic (exact) mass is 323 g/mol. The highest BCUT2D eigenvalue weighted by atomic mass is 32.1. The summed E-state index contributed by atoms with van der Waals surface area (Å²) < 4.78 is 0. The molecule has 22 heavy (non-hydrogen) atoms. The Bertz CT molecular complexity index is 554. The zero-order chi connectivity index (χ0) is 15.5. The molecule has 0 spiro atoms. The minimum Gasteiger partial charge on any atom is -0.342 e. The van der Waals surface area contributed by atoms with E-state index in [1.807, 2.05) is 10.3 Å². The van der Waals surface area contributed by atoms with Crippen LogP contribution in [0.2, 0.25) is 0 Å². The summed E-state index contributed by atoms with van der Waals surface area (Å²) in [6.07, 6.45) is 4.24. The Kier molecular flexibility index (Phi) is 4.73. The average Bonchev–Trinajstić information content (AvgIpc) is 3.18. The Morgan fingerprint density at radius 1 is 1.32 bits per heavy atom. The van der Waals surface area contributed by atoms with Crippen LogP contribution in [0, 0.1) is 16.0 Å². The topological polar surface area (TPSA) is 66.7 Å². The number of carbonyl (C=O) groups is 1. The van der Waals surface area contributed by atoms with Gasteiger partial charge in [0.25, 0.3) is 0 Å². The van der Waals surface area contributed by atoms with E-state index in [0.29, 0.717) is 12.5 Å². The van der Waals surface area contributed by atoms with Gasteiger partial charge in [-0.3, -0.25) is 19.8 Å². The van der Waals surface area contributed by atoms with Gasteiger partial charge in [-0.1, -0.05) is 11.3 Å². The molecule has 0 unspecified atom stereocenters. The average molecular weight is 323 g/mol. The first-order chi connectivity index (χ1) is 10.6. The van der Waals surface area contributed by atoms with Crippen molar-refractivity contribution >= 4 is 22.2 Å². The van der Waals surface area contributed by atoms with Crippen LogP contribution >= 0.6 is 11.3 Å². The number of hydrogen-bond acceptors (Lipinski definition) is 5. The van der Waals surface area contributed by atoms with E-state index in [9.17, 15) is 14.9 Å². The summed E-state index contributed by atoms with van der Waals surface area (Å²) in [5, 5.41) is 12.8. The van der Waals surface area contributed by atoms with Crippen LogP contribution in [0.3, 0.4) is 0 Å². The number of rotatable bonds is 4. The minimum atomic E-state index is -0.343. The number of hydrogen-bond donors (Lipinski definition) is 0. The molecule has 7 heteroatoms. The molecule has 0 radical (unpaired) electrons. The number of carbonyl (C=O) groups excluding carboxylic acids is 1. The molecule has 120 valence electrons. The molecule has 2 fully saturated rings. The highest BCUT2D eigenvalue weighted by molar-refractivity contribution is 7.13. The maximum absolute atomic E-state index is 12.5. The molecule has 0 N–H and O–H groups in total. The summed E-state index contributed by atoms with van der Waals surface area (Å²) in [6.45, 7) is 4.26. The third-order valence-corrected chi connectivity index (χ3v) is 5.43. The quantitative estimate of drug-likeness (QED) is 0.631. The highest BCUT2D eigenvalue weighted by Crippen LogP contribution is 2.26. The fraction of sp³-hybridized carbons (Fsp3) is 0.667. The van der Waals surface area contributed by atoms with Crippen LogP contribution < -0.4 is 0 Å². The number of thiophene rings is 1. The van der Waals surface area contributed by atoms with Crippen molar-refractivity contribution in [2.75, 3.05) is 26.2 Å². The molecule has 2 aliphatic heterocycles. The Labute approximate surface area is 133 Å². The molecular formula is C15H21N3O3S. The van der Waals surface area contributed by atoms with E-state index in [0.717, 1.165) is 57.4 Å². The summed E-state index contributed by atoms with van der Waals surface area (Å²) >= 11 is 1.17. The summed E-state index contributed by atoms with van der Waals surface area (Å²) in [6, 6.07) is 1.65. The SMILES string of the molecule is O=C([C@H]1CCCN(Cc2csc([N+](=O)[O-])c2)C1)N1CCCC1. The van der Waals surface area contributed by atoms with Crippen molar-refractivity contribution in [3.8, 4) is 0 Å². The van der Waals surface area contributed by atoms with Crippen LogP contribution in [0.5, 0.6) is 0 Å². The van der Waals surface area contributed by atoms with E-state index in [1.165, 1.54) is 11.3 Å². The van der Waals surface area contributed by atoms with Gasteiger partial charge in [-0.15, -0.1) is 0 Å². The number of nitro groups is 1. The van der Waals surface area contributed by atoms with Crippen molar-refractivity contribution in [1.82, 2.24) is 9.80 Å². The molecule has 0 aliphatic carbocycles. The predicted molar refractivity (Wildman–Crippen MR) is 84.8 cm³/mol. The molecule has 6 nitrogen and oxygen atoms in total. The zero-order valence-electron chi connectivity index (χ0n) is 12.6. The molecule has 0 bridgehead atoms. The molecule has 2 saturated heterocycles. The Morgan fingerprint density at radius 3 is 2.77 bits per heavy atom. The molecule has 0 saturated carbocycles. The largest absolute Gasteiger partial charge is 0.342 e. The highest BCUT2D eigenvalue weighted by Gasteiger charge is 2.30. The third-order valence-electron chi connectivity index (χ3n) is 4.50. The van der Waals surface area contributed by atoms with Crippen LogP contribution in [-0.4, -0.2) is 46.8 Å². The fourth-order valence-electron chi connectivity index (χ4n) is 3.40. The summed E-state index contributed by atoms with van der Waals surface area (Å²) in [5.41, 5.74) is 0.978. The van der Waals surface area contributed by atoms with Gasteiger partial charge in [0.05, 0.1) is 10.8 Å². The van der Waals surface area contributed by atoms with Crippen molar-refractivity contribution < 1.29 is 9.72 Å². The fourth-order valence-corrected chi connectivity index (χ4v) is 4.12. The molecular weight excluding hydrogens is 302 g/mol. The van der Waals surface area contributed by atoms with Crippen LogP contribution in [-0.2, 0) is 11.3 Å². The molecule has 3 heterocycles. The first kappa shape index (κ1) is 15.4. The first-order valence-corrected chi connectivity index (χ1v) is 8.74. The maximum Gasteiger partial charge on any atom is 0.324 e. The van der Waals surface area contributed by atoms with E-state index in [1.54, 1.807) is 6.07 Å². The second-order valence-electron chi connectivity index (χ2n) is 6.16. The lowest BCUT2D eigenvalue weighted by Gasteiger charge is -2.33. The Hall–Kier alpha value is -1.47. The predicted octanol–water partition coefficient (Wildman–Crippen LogP) is 2.49. The lowest BCUT2D eigenvalue weighted by molar-refractivity contribution is -0.380. The second-order valence-corrected chi connectivity index (χ2v) is 7.05. The van der Waals surface area contributed by atoms with Gasteiger partial charge in [0, 0.05) is 37.6 Å². The molecule has 0 aromatic carbocycles. The first-order valence-electron chi connectivity index (χ1n) is 7.86. The summed E-state index contributed by atoms with van der Waals surface area (Å²) in [7, 11) is 0.